The molecule has 9 nitrogen and oxygen atoms in total. The van der Waals surface area contributed by atoms with Gasteiger partial charge in [0.05, 0.1) is 11.9 Å². The summed E-state index contributed by atoms with van der Waals surface area (Å²) in [6, 6.07) is 10.3. The predicted octanol–water partition coefficient (Wildman–Crippen LogP) is 3.03. The molecule has 5 aromatic rings. The lowest BCUT2D eigenvalue weighted by Gasteiger charge is -2.26. The van der Waals surface area contributed by atoms with Gasteiger partial charge in [0, 0.05) is 17.8 Å². The number of rotatable bonds is 4. The Kier molecular flexibility index (Phi) is 4.07. The van der Waals surface area contributed by atoms with Crippen molar-refractivity contribution in [3.8, 4) is 11.5 Å². The summed E-state index contributed by atoms with van der Waals surface area (Å²) < 4.78 is 17.5. The lowest BCUT2D eigenvalue weighted by atomic mass is 9.93. The number of pyridine rings is 1. The van der Waals surface area contributed by atoms with Gasteiger partial charge in [-0.15, -0.1) is 0 Å². The summed E-state index contributed by atoms with van der Waals surface area (Å²) in [5, 5.41) is 5.36. The van der Waals surface area contributed by atoms with Gasteiger partial charge in [-0.05, 0) is 37.5 Å². The van der Waals surface area contributed by atoms with Gasteiger partial charge in [0.1, 0.15) is 17.0 Å². The Hall–Kier alpha value is -4.08. The van der Waals surface area contributed by atoms with E-state index >= 15 is 0 Å². The van der Waals surface area contributed by atoms with Gasteiger partial charge in [-0.2, -0.15) is 5.10 Å². The van der Waals surface area contributed by atoms with Crippen LogP contribution in [0, 0.1) is 5.82 Å². The number of hydrogen-bond donors (Lipinski definition) is 2. The van der Waals surface area contributed by atoms with E-state index in [9.17, 15) is 9.18 Å². The molecule has 4 aromatic heterocycles. The second-order valence-corrected chi connectivity index (χ2v) is 7.99. The Morgan fingerprint density at radius 1 is 1.16 bits per heavy atom. The summed E-state index contributed by atoms with van der Waals surface area (Å²) in [4.78, 5) is 28.8. The first kappa shape index (κ1) is 18.7. The first-order valence-corrected chi connectivity index (χ1v) is 10.4. The zero-order valence-corrected chi connectivity index (χ0v) is 17.0. The number of nitrogen functional groups attached to an aromatic ring is 1. The molecule has 3 N–H and O–H groups in total. The average molecular weight is 430 g/mol. The molecule has 0 radical (unpaired) electrons. The fraction of sp³-hybridized carbons (Fsp3) is 0.227. The molecule has 0 unspecified atom stereocenters. The molecule has 1 aromatic carbocycles. The van der Waals surface area contributed by atoms with Crippen LogP contribution in [0.4, 0.5) is 10.2 Å². The Morgan fingerprint density at radius 2 is 2.00 bits per heavy atom. The molecule has 0 saturated heterocycles. The van der Waals surface area contributed by atoms with Crippen molar-refractivity contribution in [2.24, 2.45) is 0 Å². The number of H-pyrrole nitrogens is 1. The molecule has 4 heterocycles. The Labute approximate surface area is 180 Å². The van der Waals surface area contributed by atoms with Crippen molar-refractivity contribution in [2.75, 3.05) is 5.73 Å². The van der Waals surface area contributed by atoms with Crippen LogP contribution >= 0.6 is 0 Å². The second kappa shape index (κ2) is 6.98. The van der Waals surface area contributed by atoms with E-state index in [-0.39, 0.29) is 35.7 Å². The third kappa shape index (κ3) is 2.79. The molecule has 32 heavy (non-hydrogen) atoms. The van der Waals surface area contributed by atoms with Gasteiger partial charge in [-0.3, -0.25) is 9.55 Å². The van der Waals surface area contributed by atoms with Crippen LogP contribution in [-0.4, -0.2) is 34.3 Å². The number of imidazole rings is 1. The highest BCUT2D eigenvalue weighted by molar-refractivity contribution is 5.91. The number of nitrogens with zero attached hydrogens (tertiary/aromatic N) is 6. The number of fused-ring (bicyclic) bond motifs is 2. The molecule has 0 bridgehead atoms. The maximum atomic E-state index is 14.2. The summed E-state index contributed by atoms with van der Waals surface area (Å²) in [5.74, 6) is 0.184. The number of aromatic amines is 1. The van der Waals surface area contributed by atoms with Crippen LogP contribution in [0.15, 0.2) is 47.4 Å². The van der Waals surface area contributed by atoms with Crippen molar-refractivity contribution < 1.29 is 4.39 Å². The topological polar surface area (TPSA) is 120 Å². The molecular formula is C22H19FN8O. The molecular weight excluding hydrogens is 411 g/mol. The quantitative estimate of drug-likeness (QED) is 0.452. The molecule has 160 valence electrons. The van der Waals surface area contributed by atoms with Crippen LogP contribution in [0.1, 0.15) is 30.9 Å². The monoisotopic (exact) mass is 430 g/mol. The number of aromatic nitrogens is 7. The van der Waals surface area contributed by atoms with Gasteiger partial charge in [-0.1, -0.05) is 18.2 Å². The Bertz CT molecular complexity index is 1550. The second-order valence-electron chi connectivity index (χ2n) is 7.99. The van der Waals surface area contributed by atoms with Crippen LogP contribution in [0.2, 0.25) is 0 Å². The molecule has 0 spiro atoms. The minimum atomic E-state index is -0.314. The molecule has 10 heteroatoms. The first-order chi connectivity index (χ1) is 15.6. The third-order valence-corrected chi connectivity index (χ3v) is 6.03. The van der Waals surface area contributed by atoms with Crippen molar-refractivity contribution in [3.63, 3.8) is 0 Å². The summed E-state index contributed by atoms with van der Waals surface area (Å²) >= 11 is 0. The Balaban J connectivity index is 1.51. The lowest BCUT2D eigenvalue weighted by molar-refractivity contribution is 0.314. The van der Waals surface area contributed by atoms with Crippen LogP contribution in [0.3, 0.4) is 0 Å². The predicted molar refractivity (Wildman–Crippen MR) is 117 cm³/mol. The van der Waals surface area contributed by atoms with Gasteiger partial charge in [0.15, 0.2) is 22.9 Å². The molecule has 0 amide bonds. The fourth-order valence-electron chi connectivity index (χ4n) is 4.23. The van der Waals surface area contributed by atoms with Crippen LogP contribution in [0.25, 0.3) is 33.7 Å². The highest BCUT2D eigenvalue weighted by Gasteiger charge is 2.26. The number of benzene rings is 1. The normalized spacial score (nSPS) is 14.3. The standard InChI is InChI=1S/C22H19FN8O/c23-15-9-2-1-5-12(15)11-30-21-14(8-4-10-25-21)16(29-30)19-26-18(24)17-20(27-19)28-22(32)31(17)13-6-3-7-13/h1-2,4-5,8-10,13H,3,6-7,11H2,(H3,24,26,27,28,32). The molecule has 1 aliphatic rings. The molecule has 1 saturated carbocycles. The van der Waals surface area contributed by atoms with E-state index in [0.717, 1.165) is 19.3 Å². The summed E-state index contributed by atoms with van der Waals surface area (Å²) in [5.41, 5.74) is 8.49. The highest BCUT2D eigenvalue weighted by Crippen LogP contribution is 2.34. The number of nitrogens with one attached hydrogen (secondary N) is 1. The lowest BCUT2D eigenvalue weighted by Crippen LogP contribution is -2.27. The zero-order chi connectivity index (χ0) is 21.8. The minimum Gasteiger partial charge on any atom is -0.382 e. The summed E-state index contributed by atoms with van der Waals surface area (Å²) in [6.45, 7) is 0.201. The van der Waals surface area contributed by atoms with Gasteiger partial charge in [0.2, 0.25) is 0 Å². The van der Waals surface area contributed by atoms with Gasteiger partial charge < -0.3 is 5.73 Å². The summed E-state index contributed by atoms with van der Waals surface area (Å²) in [6.07, 6.45) is 4.61. The SMILES string of the molecule is Nc1nc(-c2nn(Cc3ccccc3F)c3ncccc23)nc2[nH]c(=O)n(C3CCC3)c12. The Morgan fingerprint density at radius 3 is 2.78 bits per heavy atom. The van der Waals surface area contributed by atoms with E-state index in [2.05, 4.69) is 25.0 Å². The summed E-state index contributed by atoms with van der Waals surface area (Å²) in [7, 11) is 0. The van der Waals surface area contributed by atoms with E-state index in [0.29, 0.717) is 33.5 Å². The average Bonchev–Trinajstić information content (AvgIpc) is 3.27. The maximum Gasteiger partial charge on any atom is 0.328 e. The third-order valence-electron chi connectivity index (χ3n) is 6.03. The van der Waals surface area contributed by atoms with Crippen LogP contribution in [-0.2, 0) is 6.54 Å². The van der Waals surface area contributed by atoms with Crippen molar-refractivity contribution in [1.29, 1.82) is 0 Å². The minimum absolute atomic E-state index is 0.123. The molecule has 0 aliphatic heterocycles. The van der Waals surface area contributed by atoms with Crippen molar-refractivity contribution >= 4 is 28.0 Å². The van der Waals surface area contributed by atoms with Crippen LogP contribution in [0.5, 0.6) is 0 Å². The fourth-order valence-corrected chi connectivity index (χ4v) is 4.23. The van der Waals surface area contributed by atoms with Crippen molar-refractivity contribution in [1.82, 2.24) is 34.3 Å². The van der Waals surface area contributed by atoms with Crippen molar-refractivity contribution in [3.05, 3.63) is 64.5 Å². The highest BCUT2D eigenvalue weighted by atomic mass is 19.1. The number of nitrogens with two attached hydrogens (primary N) is 1. The molecule has 6 rings (SSSR count). The van der Waals surface area contributed by atoms with E-state index in [1.54, 1.807) is 39.7 Å². The molecule has 0 atom stereocenters. The molecule has 1 aliphatic carbocycles. The maximum absolute atomic E-state index is 14.2. The smallest absolute Gasteiger partial charge is 0.328 e. The number of hydrogen-bond acceptors (Lipinski definition) is 6. The van der Waals surface area contributed by atoms with E-state index in [1.165, 1.54) is 6.07 Å². The van der Waals surface area contributed by atoms with Gasteiger partial charge >= 0.3 is 5.69 Å². The van der Waals surface area contributed by atoms with Gasteiger partial charge in [-0.25, -0.2) is 28.8 Å². The van der Waals surface area contributed by atoms with E-state index in [4.69, 9.17) is 5.73 Å². The number of anilines is 1. The van der Waals surface area contributed by atoms with E-state index in [1.807, 2.05) is 6.07 Å². The molecule has 1 fully saturated rings. The van der Waals surface area contributed by atoms with E-state index < -0.39 is 0 Å². The zero-order valence-electron chi connectivity index (χ0n) is 17.0. The number of halogens is 1. The van der Waals surface area contributed by atoms with Crippen molar-refractivity contribution in [2.45, 2.75) is 31.8 Å². The first-order valence-electron chi connectivity index (χ1n) is 10.4. The van der Waals surface area contributed by atoms with Crippen LogP contribution < -0.4 is 11.4 Å². The van der Waals surface area contributed by atoms with Gasteiger partial charge in [0.25, 0.3) is 0 Å². The largest absolute Gasteiger partial charge is 0.382 e.